The van der Waals surface area contributed by atoms with E-state index in [-0.39, 0.29) is 6.04 Å². The van der Waals surface area contributed by atoms with Crippen LogP contribution in [0.4, 0.5) is 0 Å². The summed E-state index contributed by atoms with van der Waals surface area (Å²) in [7, 11) is 3.51. The highest BCUT2D eigenvalue weighted by Gasteiger charge is 2.14. The predicted molar refractivity (Wildman–Crippen MR) is 75.4 cm³/mol. The molecule has 1 aromatic heterocycles. The average Bonchev–Trinajstić information content (AvgIpc) is 2.39. The number of nitrogens with one attached hydrogen (secondary N) is 1. The van der Waals surface area contributed by atoms with Crippen LogP contribution in [0.5, 0.6) is 5.88 Å². The fourth-order valence-electron chi connectivity index (χ4n) is 2.26. The lowest BCUT2D eigenvalue weighted by Crippen LogP contribution is -2.19. The molecule has 0 amide bonds. The third-order valence-corrected chi connectivity index (χ3v) is 3.03. The second-order valence-electron chi connectivity index (χ2n) is 4.64. The van der Waals surface area contributed by atoms with Gasteiger partial charge in [0, 0.05) is 6.07 Å². The van der Waals surface area contributed by atoms with Crippen LogP contribution in [0.1, 0.15) is 28.4 Å². The Hall–Kier alpha value is -1.94. The molecule has 2 aromatic rings. The number of aryl methyl sites for hydroxylation is 2. The molecular weight excluding hydrogens is 238 g/mol. The summed E-state index contributed by atoms with van der Waals surface area (Å²) in [5, 5.41) is 11.5. The minimum absolute atomic E-state index is 0.0389. The minimum Gasteiger partial charge on any atom is -0.480 e. The molecule has 0 spiro atoms. The van der Waals surface area contributed by atoms with Gasteiger partial charge in [-0.3, -0.25) is 0 Å². The van der Waals surface area contributed by atoms with Gasteiger partial charge in [0.1, 0.15) is 0 Å². The van der Waals surface area contributed by atoms with Crippen LogP contribution in [0.2, 0.25) is 0 Å². The standard InChI is InChI=1S/C15H19N3O/c1-10-7-11(2)9-12(8-10)15(16-3)13-5-6-14(19-4)18-17-13/h5-9,15-16H,1-4H3. The van der Waals surface area contributed by atoms with Crippen molar-refractivity contribution in [2.75, 3.05) is 14.2 Å². The van der Waals surface area contributed by atoms with E-state index in [9.17, 15) is 0 Å². The molecule has 1 atom stereocenters. The second kappa shape index (κ2) is 5.80. The number of hydrogen-bond acceptors (Lipinski definition) is 4. The number of aromatic nitrogens is 2. The van der Waals surface area contributed by atoms with E-state index in [0.717, 1.165) is 5.69 Å². The Bertz CT molecular complexity index is 532. The van der Waals surface area contributed by atoms with E-state index in [0.29, 0.717) is 5.88 Å². The summed E-state index contributed by atoms with van der Waals surface area (Å²) >= 11 is 0. The van der Waals surface area contributed by atoms with Crippen molar-refractivity contribution in [1.29, 1.82) is 0 Å². The fraction of sp³-hybridized carbons (Fsp3) is 0.333. The Kier molecular flexibility index (Phi) is 4.12. The summed E-state index contributed by atoms with van der Waals surface area (Å²) < 4.78 is 5.03. The van der Waals surface area contributed by atoms with Crippen LogP contribution in [0.25, 0.3) is 0 Å². The maximum Gasteiger partial charge on any atom is 0.233 e. The zero-order valence-electron chi connectivity index (χ0n) is 11.8. The number of benzene rings is 1. The van der Waals surface area contributed by atoms with Crippen molar-refractivity contribution in [2.45, 2.75) is 19.9 Å². The molecule has 4 heteroatoms. The summed E-state index contributed by atoms with van der Waals surface area (Å²) in [5.41, 5.74) is 4.57. The van der Waals surface area contributed by atoms with Crippen LogP contribution >= 0.6 is 0 Å². The van der Waals surface area contributed by atoms with E-state index < -0.39 is 0 Å². The minimum atomic E-state index is 0.0389. The van der Waals surface area contributed by atoms with Gasteiger partial charge in [-0.1, -0.05) is 29.3 Å². The van der Waals surface area contributed by atoms with Crippen molar-refractivity contribution in [3.63, 3.8) is 0 Å². The molecular formula is C15H19N3O. The first kappa shape index (κ1) is 13.5. The van der Waals surface area contributed by atoms with Crippen molar-refractivity contribution in [3.05, 3.63) is 52.7 Å². The van der Waals surface area contributed by atoms with E-state index in [1.54, 1.807) is 7.11 Å². The highest BCUT2D eigenvalue weighted by Crippen LogP contribution is 2.22. The molecule has 0 bridgehead atoms. The molecule has 1 N–H and O–H groups in total. The van der Waals surface area contributed by atoms with Gasteiger partial charge in [-0.05, 0) is 32.5 Å². The number of rotatable bonds is 4. The first-order valence-corrected chi connectivity index (χ1v) is 6.27. The van der Waals surface area contributed by atoms with Gasteiger partial charge < -0.3 is 10.1 Å². The molecule has 0 fully saturated rings. The Morgan fingerprint density at radius 2 is 1.74 bits per heavy atom. The van der Waals surface area contributed by atoms with Crippen LogP contribution in [0, 0.1) is 13.8 Å². The summed E-state index contributed by atoms with van der Waals surface area (Å²) in [6, 6.07) is 10.3. The third kappa shape index (κ3) is 3.09. The second-order valence-corrected chi connectivity index (χ2v) is 4.64. The van der Waals surface area contributed by atoms with E-state index in [2.05, 4.69) is 47.6 Å². The molecule has 4 nitrogen and oxygen atoms in total. The van der Waals surface area contributed by atoms with Crippen LogP contribution < -0.4 is 10.1 Å². The molecule has 1 aromatic carbocycles. The van der Waals surface area contributed by atoms with Gasteiger partial charge >= 0.3 is 0 Å². The average molecular weight is 257 g/mol. The molecule has 0 aliphatic rings. The lowest BCUT2D eigenvalue weighted by Gasteiger charge is -2.17. The van der Waals surface area contributed by atoms with Crippen LogP contribution in [-0.2, 0) is 0 Å². The highest BCUT2D eigenvalue weighted by atomic mass is 16.5. The Labute approximate surface area is 113 Å². The maximum absolute atomic E-state index is 5.03. The molecule has 100 valence electrons. The van der Waals surface area contributed by atoms with Gasteiger partial charge in [-0.15, -0.1) is 10.2 Å². The molecule has 0 aliphatic carbocycles. The molecule has 0 saturated carbocycles. The normalized spacial score (nSPS) is 12.2. The Morgan fingerprint density at radius 1 is 1.05 bits per heavy atom. The van der Waals surface area contributed by atoms with E-state index in [1.807, 2.05) is 19.2 Å². The lowest BCUT2D eigenvalue weighted by atomic mass is 9.99. The Balaban J connectivity index is 2.37. The molecule has 1 unspecified atom stereocenters. The van der Waals surface area contributed by atoms with E-state index in [1.165, 1.54) is 16.7 Å². The number of hydrogen-bond donors (Lipinski definition) is 1. The maximum atomic E-state index is 5.03. The summed E-state index contributed by atoms with van der Waals surface area (Å²) in [5.74, 6) is 0.527. The SMILES string of the molecule is CNC(c1cc(C)cc(C)c1)c1ccc(OC)nn1. The van der Waals surface area contributed by atoms with Gasteiger partial charge in [-0.25, -0.2) is 0 Å². The van der Waals surface area contributed by atoms with E-state index in [4.69, 9.17) is 4.74 Å². The molecule has 1 heterocycles. The molecule has 2 rings (SSSR count). The van der Waals surface area contributed by atoms with Crippen LogP contribution in [0.15, 0.2) is 30.3 Å². The van der Waals surface area contributed by atoms with Gasteiger partial charge in [-0.2, -0.15) is 0 Å². The van der Waals surface area contributed by atoms with Gasteiger partial charge in [0.2, 0.25) is 5.88 Å². The number of methoxy groups -OCH3 is 1. The zero-order valence-corrected chi connectivity index (χ0v) is 11.8. The van der Waals surface area contributed by atoms with Gasteiger partial charge in [0.05, 0.1) is 18.8 Å². The van der Waals surface area contributed by atoms with Gasteiger partial charge in [0.15, 0.2) is 0 Å². The number of nitrogens with zero attached hydrogens (tertiary/aromatic N) is 2. The summed E-state index contributed by atoms with van der Waals surface area (Å²) in [4.78, 5) is 0. The fourth-order valence-corrected chi connectivity index (χ4v) is 2.26. The Morgan fingerprint density at radius 3 is 2.21 bits per heavy atom. The summed E-state index contributed by atoms with van der Waals surface area (Å²) in [6.07, 6.45) is 0. The van der Waals surface area contributed by atoms with Crippen molar-refractivity contribution in [3.8, 4) is 5.88 Å². The zero-order chi connectivity index (χ0) is 13.8. The molecule has 0 aliphatic heterocycles. The smallest absolute Gasteiger partial charge is 0.233 e. The molecule has 19 heavy (non-hydrogen) atoms. The van der Waals surface area contributed by atoms with Crippen LogP contribution in [-0.4, -0.2) is 24.4 Å². The van der Waals surface area contributed by atoms with Crippen molar-refractivity contribution >= 4 is 0 Å². The summed E-state index contributed by atoms with van der Waals surface area (Å²) in [6.45, 7) is 4.20. The largest absolute Gasteiger partial charge is 0.480 e. The third-order valence-electron chi connectivity index (χ3n) is 3.03. The molecule has 0 saturated heterocycles. The first-order chi connectivity index (χ1) is 9.13. The quantitative estimate of drug-likeness (QED) is 0.913. The van der Waals surface area contributed by atoms with Gasteiger partial charge in [0.25, 0.3) is 0 Å². The predicted octanol–water partition coefficient (Wildman–Crippen LogP) is 2.41. The van der Waals surface area contributed by atoms with Crippen molar-refractivity contribution < 1.29 is 4.74 Å². The van der Waals surface area contributed by atoms with Crippen LogP contribution in [0.3, 0.4) is 0 Å². The lowest BCUT2D eigenvalue weighted by molar-refractivity contribution is 0.390. The van der Waals surface area contributed by atoms with Crippen molar-refractivity contribution in [2.24, 2.45) is 0 Å². The molecule has 0 radical (unpaired) electrons. The van der Waals surface area contributed by atoms with Crippen molar-refractivity contribution in [1.82, 2.24) is 15.5 Å². The highest BCUT2D eigenvalue weighted by molar-refractivity contribution is 5.34. The monoisotopic (exact) mass is 257 g/mol. The van der Waals surface area contributed by atoms with E-state index >= 15 is 0 Å². The topological polar surface area (TPSA) is 47.0 Å². The first-order valence-electron chi connectivity index (χ1n) is 6.27. The number of ether oxygens (including phenoxy) is 1.